The molecule has 19 heavy (non-hydrogen) atoms. The van der Waals surface area contributed by atoms with Gasteiger partial charge in [-0.1, -0.05) is 23.4 Å². The Balaban J connectivity index is 2.30. The lowest BCUT2D eigenvalue weighted by molar-refractivity contribution is -0.133. The van der Waals surface area contributed by atoms with Gasteiger partial charge in [-0.3, -0.25) is 4.79 Å². The molecule has 0 amide bonds. The van der Waals surface area contributed by atoms with Crippen LogP contribution in [0.4, 0.5) is 0 Å². The number of carboxylic acid groups (broad SMARTS) is 1. The largest absolute Gasteiger partial charge is 0.481 e. The Hall–Kier alpha value is -1.53. The fourth-order valence-corrected chi connectivity index (χ4v) is 2.53. The number of halogens is 1. The normalized spacial score (nSPS) is 10.7. The average Bonchev–Trinajstić information content (AvgIpc) is 2.67. The minimum Gasteiger partial charge on any atom is -0.481 e. The number of aliphatic carboxylic acids is 1. The summed E-state index contributed by atoms with van der Waals surface area (Å²) in [7, 11) is 1.73. The van der Waals surface area contributed by atoms with Gasteiger partial charge in [-0.2, -0.15) is 5.10 Å². The molecule has 2 aromatic rings. The predicted molar refractivity (Wildman–Crippen MR) is 74.5 cm³/mol. The third-order valence-corrected chi connectivity index (χ3v) is 3.57. The van der Waals surface area contributed by atoms with E-state index >= 15 is 0 Å². The molecular weight excluding hydrogens is 286 g/mol. The Labute approximate surface area is 119 Å². The van der Waals surface area contributed by atoms with Gasteiger partial charge in [0.15, 0.2) is 11.0 Å². The van der Waals surface area contributed by atoms with Crippen LogP contribution in [-0.2, 0) is 11.8 Å². The summed E-state index contributed by atoms with van der Waals surface area (Å²) >= 11 is 7.14. The van der Waals surface area contributed by atoms with E-state index in [9.17, 15) is 4.79 Å². The zero-order valence-corrected chi connectivity index (χ0v) is 12.0. The number of carboxylic acids is 1. The number of hydrogen-bond acceptors (Lipinski definition) is 4. The number of rotatable bonds is 4. The van der Waals surface area contributed by atoms with Crippen LogP contribution in [-0.4, -0.2) is 31.6 Å². The molecule has 0 fully saturated rings. The van der Waals surface area contributed by atoms with E-state index in [0.717, 1.165) is 22.9 Å². The van der Waals surface area contributed by atoms with Gasteiger partial charge in [0.2, 0.25) is 0 Å². The van der Waals surface area contributed by atoms with Gasteiger partial charge in [0, 0.05) is 17.6 Å². The first kappa shape index (κ1) is 13.9. The van der Waals surface area contributed by atoms with Gasteiger partial charge in [0.25, 0.3) is 0 Å². The third-order valence-electron chi connectivity index (χ3n) is 2.35. The molecular formula is C12H12ClN3O2S. The highest BCUT2D eigenvalue weighted by Gasteiger charge is 2.12. The average molecular weight is 298 g/mol. The molecule has 0 bridgehead atoms. The number of aryl methyl sites for hydroxylation is 2. The lowest BCUT2D eigenvalue weighted by atomic mass is 10.1. The van der Waals surface area contributed by atoms with Crippen molar-refractivity contribution < 1.29 is 9.90 Å². The van der Waals surface area contributed by atoms with Crippen molar-refractivity contribution in [3.05, 3.63) is 28.8 Å². The Morgan fingerprint density at radius 2 is 2.21 bits per heavy atom. The molecule has 0 unspecified atom stereocenters. The number of hydrogen-bond donors (Lipinski definition) is 1. The number of aromatic nitrogens is 3. The van der Waals surface area contributed by atoms with Crippen molar-refractivity contribution in [1.29, 1.82) is 0 Å². The summed E-state index contributed by atoms with van der Waals surface area (Å²) in [6, 6.07) is 5.58. The van der Waals surface area contributed by atoms with E-state index in [1.54, 1.807) is 17.8 Å². The molecule has 0 aliphatic heterocycles. The van der Waals surface area contributed by atoms with Crippen LogP contribution in [0.3, 0.4) is 0 Å². The van der Waals surface area contributed by atoms with E-state index in [4.69, 9.17) is 16.7 Å². The van der Waals surface area contributed by atoms with E-state index in [2.05, 4.69) is 10.1 Å². The van der Waals surface area contributed by atoms with Crippen LogP contribution in [0.25, 0.3) is 11.4 Å². The molecule has 0 saturated heterocycles. The lowest BCUT2D eigenvalue weighted by Crippen LogP contribution is -2.00. The summed E-state index contributed by atoms with van der Waals surface area (Å²) < 4.78 is 1.57. The number of nitrogens with zero attached hydrogens (tertiary/aromatic N) is 3. The van der Waals surface area contributed by atoms with Gasteiger partial charge < -0.3 is 5.11 Å². The first-order chi connectivity index (χ1) is 8.95. The molecule has 0 spiro atoms. The van der Waals surface area contributed by atoms with Crippen LogP contribution < -0.4 is 0 Å². The van der Waals surface area contributed by atoms with Gasteiger partial charge in [-0.25, -0.2) is 9.67 Å². The third kappa shape index (κ3) is 3.48. The highest BCUT2D eigenvalue weighted by molar-refractivity contribution is 7.99. The lowest BCUT2D eigenvalue weighted by Gasteiger charge is -1.99. The Bertz CT molecular complexity index is 607. The standard InChI is InChI=1S/C12H12ClN3O2S/c1-7-3-8(5-9(13)4-7)11-14-12(16(2)15-11)19-6-10(17)18/h3-5H,6H2,1-2H3,(H,17,18). The number of carbonyl (C=O) groups is 1. The number of thioether (sulfide) groups is 1. The second-order valence-corrected chi connectivity index (χ2v) is 5.42. The van der Waals surface area contributed by atoms with Gasteiger partial charge in [0.05, 0.1) is 5.75 Å². The SMILES string of the molecule is Cc1cc(Cl)cc(-c2nc(SCC(=O)O)n(C)n2)c1. The fourth-order valence-electron chi connectivity index (χ4n) is 1.61. The van der Waals surface area contributed by atoms with Gasteiger partial charge in [0.1, 0.15) is 0 Å². The van der Waals surface area contributed by atoms with Crippen LogP contribution in [0.1, 0.15) is 5.56 Å². The summed E-state index contributed by atoms with van der Waals surface area (Å²) in [6.07, 6.45) is 0. The van der Waals surface area contributed by atoms with Crippen molar-refractivity contribution in [1.82, 2.24) is 14.8 Å². The summed E-state index contributed by atoms with van der Waals surface area (Å²) in [5.41, 5.74) is 1.84. The summed E-state index contributed by atoms with van der Waals surface area (Å²) in [5, 5.41) is 14.1. The van der Waals surface area contributed by atoms with E-state index in [-0.39, 0.29) is 5.75 Å². The molecule has 0 aliphatic rings. The van der Waals surface area contributed by atoms with E-state index in [1.165, 1.54) is 0 Å². The second-order valence-electron chi connectivity index (χ2n) is 4.04. The maximum absolute atomic E-state index is 10.6. The van der Waals surface area contributed by atoms with Crippen molar-refractivity contribution >= 4 is 29.3 Å². The minimum absolute atomic E-state index is 0.0411. The summed E-state index contributed by atoms with van der Waals surface area (Å²) in [5.74, 6) is -0.380. The molecule has 100 valence electrons. The zero-order valence-electron chi connectivity index (χ0n) is 10.4. The Morgan fingerprint density at radius 3 is 2.84 bits per heavy atom. The molecule has 7 heteroatoms. The maximum atomic E-state index is 10.6. The first-order valence-electron chi connectivity index (χ1n) is 5.49. The Kier molecular flexibility index (Phi) is 4.11. The molecule has 2 rings (SSSR count). The molecule has 1 heterocycles. The quantitative estimate of drug-likeness (QED) is 0.879. The summed E-state index contributed by atoms with van der Waals surface area (Å²) in [6.45, 7) is 1.94. The molecule has 5 nitrogen and oxygen atoms in total. The van der Waals surface area contributed by atoms with Crippen LogP contribution >= 0.6 is 23.4 Å². The van der Waals surface area contributed by atoms with Crippen LogP contribution in [0.5, 0.6) is 0 Å². The topological polar surface area (TPSA) is 68.0 Å². The van der Waals surface area contributed by atoms with Crippen LogP contribution in [0.15, 0.2) is 23.4 Å². The van der Waals surface area contributed by atoms with Crippen molar-refractivity contribution in [2.75, 3.05) is 5.75 Å². The minimum atomic E-state index is -0.881. The van der Waals surface area contributed by atoms with E-state index in [0.29, 0.717) is 16.0 Å². The van der Waals surface area contributed by atoms with Crippen molar-refractivity contribution in [2.24, 2.45) is 7.05 Å². The van der Waals surface area contributed by atoms with Crippen LogP contribution in [0, 0.1) is 6.92 Å². The number of benzene rings is 1. The highest BCUT2D eigenvalue weighted by atomic mass is 35.5. The maximum Gasteiger partial charge on any atom is 0.313 e. The van der Waals surface area contributed by atoms with E-state index < -0.39 is 5.97 Å². The summed E-state index contributed by atoms with van der Waals surface area (Å²) in [4.78, 5) is 14.9. The second kappa shape index (κ2) is 5.63. The predicted octanol–water partition coefficient (Wildman–Crippen LogP) is 2.62. The van der Waals surface area contributed by atoms with Crippen LogP contribution in [0.2, 0.25) is 5.02 Å². The Morgan fingerprint density at radius 1 is 1.47 bits per heavy atom. The molecule has 0 saturated carbocycles. The molecule has 0 radical (unpaired) electrons. The molecule has 1 aromatic heterocycles. The van der Waals surface area contributed by atoms with Crippen molar-refractivity contribution in [3.8, 4) is 11.4 Å². The van der Waals surface area contributed by atoms with Gasteiger partial charge in [-0.15, -0.1) is 0 Å². The fraction of sp³-hybridized carbons (Fsp3) is 0.250. The monoisotopic (exact) mass is 297 g/mol. The molecule has 1 N–H and O–H groups in total. The molecule has 0 atom stereocenters. The highest BCUT2D eigenvalue weighted by Crippen LogP contribution is 2.24. The smallest absolute Gasteiger partial charge is 0.313 e. The van der Waals surface area contributed by atoms with Gasteiger partial charge in [-0.05, 0) is 30.7 Å². The first-order valence-corrected chi connectivity index (χ1v) is 6.85. The zero-order chi connectivity index (χ0) is 14.0. The van der Waals surface area contributed by atoms with Crippen molar-refractivity contribution in [3.63, 3.8) is 0 Å². The molecule has 1 aromatic carbocycles. The van der Waals surface area contributed by atoms with Gasteiger partial charge >= 0.3 is 5.97 Å². The van der Waals surface area contributed by atoms with E-state index in [1.807, 2.05) is 19.1 Å². The molecule has 0 aliphatic carbocycles. The van der Waals surface area contributed by atoms with Crippen molar-refractivity contribution in [2.45, 2.75) is 12.1 Å².